The topological polar surface area (TPSA) is 66.6 Å². The fraction of sp³-hybridized carbons (Fsp3) is 0.455. The quantitative estimate of drug-likeness (QED) is 0.667. The summed E-state index contributed by atoms with van der Waals surface area (Å²) in [5.41, 5.74) is 5.73. The molecule has 1 fully saturated rings. The smallest absolute Gasteiger partial charge is 0.252 e. The normalized spacial score (nSPS) is 15.2. The summed E-state index contributed by atoms with van der Waals surface area (Å²) < 4.78 is 1.75. The van der Waals surface area contributed by atoms with Gasteiger partial charge in [0.15, 0.2) is 0 Å². The van der Waals surface area contributed by atoms with Gasteiger partial charge in [0.25, 0.3) is 5.78 Å². The molecule has 0 aliphatic carbocycles. The van der Waals surface area contributed by atoms with Crippen molar-refractivity contribution in [2.24, 2.45) is 0 Å². The molecule has 1 aromatic carbocycles. The molecule has 2 aromatic heterocycles. The molecule has 7 heteroatoms. The number of amides is 1. The van der Waals surface area contributed by atoms with Crippen LogP contribution in [-0.4, -0.2) is 61.5 Å². The van der Waals surface area contributed by atoms with E-state index in [1.165, 1.54) is 17.5 Å². The van der Waals surface area contributed by atoms with Crippen molar-refractivity contribution < 1.29 is 4.79 Å². The Morgan fingerprint density at radius 3 is 2.59 bits per heavy atom. The Hall–Kier alpha value is -2.80. The first-order valence-electron chi connectivity index (χ1n) is 10.2. The lowest BCUT2D eigenvalue weighted by Crippen LogP contribution is -2.48. The fourth-order valence-electron chi connectivity index (χ4n) is 4.09. The number of carbonyl (C=O) groups excluding carboxylic acids is 1. The average molecular weight is 393 g/mol. The Labute approximate surface area is 171 Å². The van der Waals surface area contributed by atoms with E-state index in [2.05, 4.69) is 51.2 Å². The van der Waals surface area contributed by atoms with Crippen LogP contribution in [0.25, 0.3) is 5.78 Å². The first kappa shape index (κ1) is 19.5. The molecule has 0 unspecified atom stereocenters. The molecule has 0 saturated carbocycles. The summed E-state index contributed by atoms with van der Waals surface area (Å²) in [5, 5.41) is 4.23. The molecular formula is C22H28N6O. The Morgan fingerprint density at radius 1 is 1.07 bits per heavy atom. The maximum atomic E-state index is 12.8. The van der Waals surface area contributed by atoms with Gasteiger partial charge in [-0.05, 0) is 43.9 Å². The molecule has 3 heterocycles. The van der Waals surface area contributed by atoms with Gasteiger partial charge >= 0.3 is 0 Å². The van der Waals surface area contributed by atoms with Crippen LogP contribution >= 0.6 is 0 Å². The monoisotopic (exact) mass is 392 g/mol. The Bertz CT molecular complexity index is 1020. The van der Waals surface area contributed by atoms with E-state index in [-0.39, 0.29) is 5.91 Å². The van der Waals surface area contributed by atoms with Crippen molar-refractivity contribution in [3.63, 3.8) is 0 Å². The van der Waals surface area contributed by atoms with E-state index in [1.807, 2.05) is 18.7 Å². The second kappa shape index (κ2) is 8.29. The zero-order valence-electron chi connectivity index (χ0n) is 17.4. The van der Waals surface area contributed by atoms with E-state index >= 15 is 0 Å². The predicted octanol–water partition coefficient (Wildman–Crippen LogP) is 2.33. The minimum Gasteiger partial charge on any atom is -0.340 e. The van der Waals surface area contributed by atoms with Gasteiger partial charge in [-0.2, -0.15) is 10.1 Å². The highest BCUT2D eigenvalue weighted by atomic mass is 16.2. The maximum Gasteiger partial charge on any atom is 0.252 e. The van der Waals surface area contributed by atoms with E-state index in [4.69, 9.17) is 0 Å². The van der Waals surface area contributed by atoms with Gasteiger partial charge in [-0.15, -0.1) is 0 Å². The van der Waals surface area contributed by atoms with Crippen molar-refractivity contribution in [1.82, 2.24) is 29.4 Å². The van der Waals surface area contributed by atoms with Crippen molar-refractivity contribution >= 4 is 11.7 Å². The van der Waals surface area contributed by atoms with Gasteiger partial charge in [0.1, 0.15) is 6.33 Å². The molecule has 3 aromatic rings. The second-order valence-electron chi connectivity index (χ2n) is 7.82. The van der Waals surface area contributed by atoms with E-state index in [1.54, 1.807) is 4.52 Å². The molecule has 29 heavy (non-hydrogen) atoms. The number of aromatic nitrogens is 4. The summed E-state index contributed by atoms with van der Waals surface area (Å²) in [4.78, 5) is 25.9. The summed E-state index contributed by atoms with van der Waals surface area (Å²) in [6.45, 7) is 10.5. The average Bonchev–Trinajstić information content (AvgIpc) is 3.18. The molecular weight excluding hydrogens is 364 g/mol. The highest BCUT2D eigenvalue weighted by Crippen LogP contribution is 2.17. The molecule has 1 amide bonds. The number of fused-ring (bicyclic) bond motifs is 1. The molecule has 1 aliphatic heterocycles. The van der Waals surface area contributed by atoms with Crippen LogP contribution in [0.5, 0.6) is 0 Å². The standard InChI is InChI=1S/C22H28N6O/c1-16-6-4-5-7-19(16)14-26-10-12-27(13-11-26)21(29)9-8-20-17(2)25-22-23-15-24-28(22)18(20)3/h4-7,15H,8-14H2,1-3H3. The van der Waals surface area contributed by atoms with E-state index < -0.39 is 0 Å². The van der Waals surface area contributed by atoms with Crippen molar-refractivity contribution in [1.29, 1.82) is 0 Å². The van der Waals surface area contributed by atoms with Gasteiger partial charge in [-0.25, -0.2) is 9.50 Å². The van der Waals surface area contributed by atoms with Crippen molar-refractivity contribution in [3.05, 3.63) is 58.7 Å². The van der Waals surface area contributed by atoms with E-state index in [0.29, 0.717) is 18.6 Å². The van der Waals surface area contributed by atoms with Gasteiger partial charge < -0.3 is 4.90 Å². The number of nitrogens with zero attached hydrogens (tertiary/aromatic N) is 6. The third-order valence-corrected chi connectivity index (χ3v) is 5.96. The number of carbonyl (C=O) groups is 1. The highest BCUT2D eigenvalue weighted by Gasteiger charge is 2.22. The largest absolute Gasteiger partial charge is 0.340 e. The van der Waals surface area contributed by atoms with Crippen LogP contribution in [0.1, 0.15) is 34.5 Å². The van der Waals surface area contributed by atoms with Crippen LogP contribution in [0.2, 0.25) is 0 Å². The van der Waals surface area contributed by atoms with Crippen molar-refractivity contribution in [3.8, 4) is 0 Å². The zero-order valence-corrected chi connectivity index (χ0v) is 17.4. The van der Waals surface area contributed by atoms with Crippen molar-refractivity contribution in [2.45, 2.75) is 40.2 Å². The van der Waals surface area contributed by atoms with Gasteiger partial charge in [-0.3, -0.25) is 9.69 Å². The third kappa shape index (κ3) is 4.15. The number of aryl methyl sites for hydroxylation is 3. The molecule has 0 bridgehead atoms. The zero-order chi connectivity index (χ0) is 20.4. The number of rotatable bonds is 5. The summed E-state index contributed by atoms with van der Waals surface area (Å²) in [7, 11) is 0. The van der Waals surface area contributed by atoms with Crippen LogP contribution < -0.4 is 0 Å². The van der Waals surface area contributed by atoms with Gasteiger partial charge in [0.2, 0.25) is 5.91 Å². The first-order chi connectivity index (χ1) is 14.0. The van der Waals surface area contributed by atoms with Crippen LogP contribution in [0, 0.1) is 20.8 Å². The van der Waals surface area contributed by atoms with Gasteiger partial charge in [0, 0.05) is 50.5 Å². The number of hydrogen-bond acceptors (Lipinski definition) is 5. The Balaban J connectivity index is 1.32. The van der Waals surface area contributed by atoms with E-state index in [9.17, 15) is 4.79 Å². The predicted molar refractivity (Wildman–Crippen MR) is 112 cm³/mol. The summed E-state index contributed by atoms with van der Waals surface area (Å²) in [6, 6.07) is 8.52. The summed E-state index contributed by atoms with van der Waals surface area (Å²) >= 11 is 0. The Morgan fingerprint density at radius 2 is 1.83 bits per heavy atom. The lowest BCUT2D eigenvalue weighted by atomic mass is 10.1. The molecule has 1 saturated heterocycles. The van der Waals surface area contributed by atoms with Crippen LogP contribution in [0.3, 0.4) is 0 Å². The summed E-state index contributed by atoms with van der Waals surface area (Å²) in [5.74, 6) is 0.831. The number of hydrogen-bond donors (Lipinski definition) is 0. The van der Waals surface area contributed by atoms with Crippen LogP contribution in [0.15, 0.2) is 30.6 Å². The van der Waals surface area contributed by atoms with Crippen molar-refractivity contribution in [2.75, 3.05) is 26.2 Å². The van der Waals surface area contributed by atoms with Crippen LogP contribution in [0.4, 0.5) is 0 Å². The molecule has 0 atom stereocenters. The second-order valence-corrected chi connectivity index (χ2v) is 7.82. The number of benzene rings is 1. The van der Waals surface area contributed by atoms with Gasteiger partial charge in [0.05, 0.1) is 0 Å². The molecule has 7 nitrogen and oxygen atoms in total. The maximum absolute atomic E-state index is 12.8. The van der Waals surface area contributed by atoms with E-state index in [0.717, 1.165) is 49.7 Å². The fourth-order valence-corrected chi connectivity index (χ4v) is 4.09. The van der Waals surface area contributed by atoms with Crippen LogP contribution in [-0.2, 0) is 17.8 Å². The molecule has 0 spiro atoms. The SMILES string of the molecule is Cc1ccccc1CN1CCN(C(=O)CCc2c(C)nc3ncnn3c2C)CC1. The molecule has 0 N–H and O–H groups in total. The highest BCUT2D eigenvalue weighted by molar-refractivity contribution is 5.76. The molecule has 0 radical (unpaired) electrons. The van der Waals surface area contributed by atoms with Gasteiger partial charge in [-0.1, -0.05) is 24.3 Å². The molecule has 152 valence electrons. The lowest BCUT2D eigenvalue weighted by Gasteiger charge is -2.35. The minimum absolute atomic E-state index is 0.220. The number of piperazine rings is 1. The molecule has 4 rings (SSSR count). The lowest BCUT2D eigenvalue weighted by molar-refractivity contribution is -0.133. The minimum atomic E-state index is 0.220. The first-order valence-corrected chi connectivity index (χ1v) is 10.2. The summed E-state index contributed by atoms with van der Waals surface area (Å²) in [6.07, 6.45) is 2.70. The molecule has 1 aliphatic rings. The third-order valence-electron chi connectivity index (χ3n) is 5.96. The Kier molecular flexibility index (Phi) is 5.58.